The minimum absolute atomic E-state index is 0.476. The number of ether oxygens (including phenoxy) is 1. The molecule has 0 aromatic carbocycles. The normalized spacial score (nSPS) is 13.2. The summed E-state index contributed by atoms with van der Waals surface area (Å²) in [5.74, 6) is -0.916. The third-order valence-corrected chi connectivity index (χ3v) is 4.25. The Balaban J connectivity index is 2.77. The fourth-order valence-electron chi connectivity index (χ4n) is 1.90. The van der Waals surface area contributed by atoms with E-state index in [1.807, 2.05) is 11.4 Å². The molecule has 0 saturated carbocycles. The summed E-state index contributed by atoms with van der Waals surface area (Å²) in [4.78, 5) is 14.2. The third kappa shape index (κ3) is 5.45. The summed E-state index contributed by atoms with van der Waals surface area (Å²) in [6.07, 6.45) is 3.93. The summed E-state index contributed by atoms with van der Waals surface area (Å²) < 4.78 is 5.17. The number of aliphatic carboxylic acids is 1. The van der Waals surface area contributed by atoms with Crippen LogP contribution >= 0.6 is 11.3 Å². The smallest absolute Gasteiger partial charge is 0.328 e. The van der Waals surface area contributed by atoms with Crippen LogP contribution in [0.4, 0.5) is 0 Å². The molecule has 4 nitrogen and oxygen atoms in total. The molecule has 1 atom stereocenters. The first kappa shape index (κ1) is 16.9. The van der Waals surface area contributed by atoms with E-state index in [0.717, 1.165) is 25.1 Å². The van der Waals surface area contributed by atoms with E-state index in [0.29, 0.717) is 12.6 Å². The molecule has 20 heavy (non-hydrogen) atoms. The molecule has 112 valence electrons. The van der Waals surface area contributed by atoms with Gasteiger partial charge in [0.25, 0.3) is 0 Å². The first-order chi connectivity index (χ1) is 9.58. The molecule has 1 N–H and O–H groups in total. The van der Waals surface area contributed by atoms with E-state index in [4.69, 9.17) is 9.84 Å². The Kier molecular flexibility index (Phi) is 7.51. The molecule has 0 aliphatic heterocycles. The molecule has 1 heterocycles. The number of carboxylic acids is 1. The monoisotopic (exact) mass is 297 g/mol. The van der Waals surface area contributed by atoms with Gasteiger partial charge in [-0.3, -0.25) is 4.90 Å². The molecular weight excluding hydrogens is 274 g/mol. The lowest BCUT2D eigenvalue weighted by molar-refractivity contribution is -0.131. The van der Waals surface area contributed by atoms with Crippen molar-refractivity contribution in [2.75, 3.05) is 20.3 Å². The summed E-state index contributed by atoms with van der Waals surface area (Å²) in [5, 5.41) is 10.7. The summed E-state index contributed by atoms with van der Waals surface area (Å²) in [7, 11) is 1.71. The zero-order valence-electron chi connectivity index (χ0n) is 12.3. The fraction of sp³-hybridized carbons (Fsp3) is 0.533. The lowest BCUT2D eigenvalue weighted by Crippen LogP contribution is -2.34. The molecule has 1 aromatic rings. The van der Waals surface area contributed by atoms with Crippen molar-refractivity contribution in [3.63, 3.8) is 0 Å². The van der Waals surface area contributed by atoms with Crippen LogP contribution in [0.3, 0.4) is 0 Å². The van der Waals surface area contributed by atoms with Crippen molar-refractivity contribution in [2.45, 2.75) is 32.9 Å². The average Bonchev–Trinajstić information content (AvgIpc) is 2.87. The number of nitrogens with zero attached hydrogens (tertiary/aromatic N) is 1. The second kappa shape index (κ2) is 8.89. The second-order valence-electron chi connectivity index (χ2n) is 4.69. The summed E-state index contributed by atoms with van der Waals surface area (Å²) in [6, 6.07) is 2.44. The maximum absolute atomic E-state index is 10.6. The Morgan fingerprint density at radius 1 is 1.60 bits per heavy atom. The van der Waals surface area contributed by atoms with E-state index in [2.05, 4.69) is 18.7 Å². The van der Waals surface area contributed by atoms with Gasteiger partial charge in [-0.15, -0.1) is 11.3 Å². The zero-order valence-corrected chi connectivity index (χ0v) is 13.2. The molecule has 1 rings (SSSR count). The standard InChI is InChI=1S/C15H23NO3S/c1-4-12(2)16(8-9-19-3)11-14-13(7-10-20-14)5-6-15(17)18/h5-7,10,12H,4,8-9,11H2,1-3H3,(H,17,18). The first-order valence-electron chi connectivity index (χ1n) is 6.78. The van der Waals surface area contributed by atoms with Crippen molar-refractivity contribution in [3.8, 4) is 0 Å². The van der Waals surface area contributed by atoms with Crippen LogP contribution in [0.15, 0.2) is 17.5 Å². The molecule has 0 bridgehead atoms. The van der Waals surface area contributed by atoms with Gasteiger partial charge in [0.05, 0.1) is 6.61 Å². The molecule has 0 radical (unpaired) electrons. The van der Waals surface area contributed by atoms with Crippen LogP contribution < -0.4 is 0 Å². The molecule has 0 saturated heterocycles. The van der Waals surface area contributed by atoms with E-state index in [1.165, 1.54) is 11.0 Å². The highest BCUT2D eigenvalue weighted by Gasteiger charge is 2.14. The second-order valence-corrected chi connectivity index (χ2v) is 5.69. The molecule has 0 amide bonds. The van der Waals surface area contributed by atoms with Crippen LogP contribution in [-0.2, 0) is 16.1 Å². The quantitative estimate of drug-likeness (QED) is 0.712. The molecule has 0 aliphatic carbocycles. The Hall–Kier alpha value is -1.17. The average molecular weight is 297 g/mol. The number of methoxy groups -OCH3 is 1. The Morgan fingerprint density at radius 3 is 2.95 bits per heavy atom. The predicted molar refractivity (Wildman–Crippen MR) is 83.0 cm³/mol. The van der Waals surface area contributed by atoms with Gasteiger partial charge in [0.1, 0.15) is 0 Å². The van der Waals surface area contributed by atoms with Crippen LogP contribution in [0, 0.1) is 0 Å². The van der Waals surface area contributed by atoms with Crippen LogP contribution in [0.5, 0.6) is 0 Å². The van der Waals surface area contributed by atoms with Crippen molar-refractivity contribution >= 4 is 23.4 Å². The maximum atomic E-state index is 10.6. The van der Waals surface area contributed by atoms with Gasteiger partial charge in [-0.1, -0.05) is 6.92 Å². The van der Waals surface area contributed by atoms with Crippen molar-refractivity contribution in [2.24, 2.45) is 0 Å². The first-order valence-corrected chi connectivity index (χ1v) is 7.66. The van der Waals surface area contributed by atoms with Crippen molar-refractivity contribution < 1.29 is 14.6 Å². The Labute approximate surface area is 124 Å². The van der Waals surface area contributed by atoms with Gasteiger partial charge in [-0.2, -0.15) is 0 Å². The van der Waals surface area contributed by atoms with Gasteiger partial charge < -0.3 is 9.84 Å². The van der Waals surface area contributed by atoms with Crippen molar-refractivity contribution in [1.29, 1.82) is 0 Å². The maximum Gasteiger partial charge on any atom is 0.328 e. The lowest BCUT2D eigenvalue weighted by Gasteiger charge is -2.27. The molecular formula is C15H23NO3S. The van der Waals surface area contributed by atoms with Gasteiger partial charge >= 0.3 is 5.97 Å². The van der Waals surface area contributed by atoms with Gasteiger partial charge in [0.2, 0.25) is 0 Å². The number of thiophene rings is 1. The van der Waals surface area contributed by atoms with E-state index in [9.17, 15) is 4.79 Å². The predicted octanol–water partition coefficient (Wildman–Crippen LogP) is 3.09. The minimum atomic E-state index is -0.916. The summed E-state index contributed by atoms with van der Waals surface area (Å²) in [6.45, 7) is 6.79. The number of rotatable bonds is 9. The van der Waals surface area contributed by atoms with Gasteiger partial charge in [0, 0.05) is 37.2 Å². The zero-order chi connectivity index (χ0) is 15.0. The molecule has 1 unspecified atom stereocenters. The highest BCUT2D eigenvalue weighted by atomic mass is 32.1. The molecule has 5 heteroatoms. The molecule has 0 fully saturated rings. The molecule has 0 spiro atoms. The highest BCUT2D eigenvalue weighted by molar-refractivity contribution is 7.10. The third-order valence-electron chi connectivity index (χ3n) is 3.33. The van der Waals surface area contributed by atoms with Crippen LogP contribution in [-0.4, -0.2) is 42.3 Å². The SMILES string of the molecule is CCC(C)N(CCOC)Cc1sccc1C=CC(=O)O. The molecule has 0 aliphatic rings. The van der Waals surface area contributed by atoms with E-state index < -0.39 is 5.97 Å². The number of carboxylic acid groups (broad SMARTS) is 1. The van der Waals surface area contributed by atoms with Crippen LogP contribution in [0.1, 0.15) is 30.7 Å². The highest BCUT2D eigenvalue weighted by Crippen LogP contribution is 2.22. The van der Waals surface area contributed by atoms with Gasteiger partial charge in [-0.25, -0.2) is 4.79 Å². The Bertz CT molecular complexity index is 442. The minimum Gasteiger partial charge on any atom is -0.478 e. The van der Waals surface area contributed by atoms with Crippen molar-refractivity contribution in [3.05, 3.63) is 28.0 Å². The van der Waals surface area contributed by atoms with Crippen LogP contribution in [0.25, 0.3) is 6.08 Å². The van der Waals surface area contributed by atoms with E-state index in [-0.39, 0.29) is 0 Å². The topological polar surface area (TPSA) is 49.8 Å². The number of hydrogen-bond acceptors (Lipinski definition) is 4. The fourth-order valence-corrected chi connectivity index (χ4v) is 2.79. The Morgan fingerprint density at radius 2 is 2.35 bits per heavy atom. The van der Waals surface area contributed by atoms with Gasteiger partial charge in [0.15, 0.2) is 0 Å². The largest absolute Gasteiger partial charge is 0.478 e. The molecule has 1 aromatic heterocycles. The van der Waals surface area contributed by atoms with E-state index >= 15 is 0 Å². The van der Waals surface area contributed by atoms with Gasteiger partial charge in [-0.05, 0) is 36.4 Å². The van der Waals surface area contributed by atoms with Crippen molar-refractivity contribution in [1.82, 2.24) is 4.90 Å². The lowest BCUT2D eigenvalue weighted by atomic mass is 10.2. The van der Waals surface area contributed by atoms with Crippen LogP contribution in [0.2, 0.25) is 0 Å². The summed E-state index contributed by atoms with van der Waals surface area (Å²) >= 11 is 1.66. The number of carbonyl (C=O) groups is 1. The number of hydrogen-bond donors (Lipinski definition) is 1. The summed E-state index contributed by atoms with van der Waals surface area (Å²) in [5.41, 5.74) is 0.989. The van der Waals surface area contributed by atoms with E-state index in [1.54, 1.807) is 24.5 Å².